The Labute approximate surface area is 178 Å². The third-order valence-electron chi connectivity index (χ3n) is 3.94. The monoisotopic (exact) mass is 480 g/mol. The van der Waals surface area contributed by atoms with Gasteiger partial charge in [-0.25, -0.2) is 0 Å². The van der Waals surface area contributed by atoms with E-state index in [1.165, 1.54) is 10.6 Å². The van der Waals surface area contributed by atoms with Gasteiger partial charge in [0.25, 0.3) is 11.4 Å². The predicted octanol–water partition coefficient (Wildman–Crippen LogP) is 4.10. The van der Waals surface area contributed by atoms with E-state index in [1.54, 1.807) is 0 Å². The van der Waals surface area contributed by atoms with Crippen molar-refractivity contribution in [3.8, 4) is 0 Å². The van der Waals surface area contributed by atoms with Crippen LogP contribution < -0.4 is 10.6 Å². The molecule has 2 N–H and O–H groups in total. The van der Waals surface area contributed by atoms with Gasteiger partial charge < -0.3 is 10.6 Å². The Morgan fingerprint density at radius 2 is 1.06 bits per heavy atom. The number of hydrogen-bond donors (Lipinski definition) is 2. The Balaban J connectivity index is 2.34. The molecule has 0 heterocycles. The minimum absolute atomic E-state index is 0.0769. The first-order valence-corrected chi connectivity index (χ1v) is 8.40. The van der Waals surface area contributed by atoms with Crippen molar-refractivity contribution in [1.82, 2.24) is 0 Å². The zero-order chi connectivity index (χ0) is 25.1. The summed E-state index contributed by atoms with van der Waals surface area (Å²) in [7, 11) is 0. The van der Waals surface area contributed by atoms with Crippen molar-refractivity contribution in [1.29, 1.82) is 0 Å². The van der Waals surface area contributed by atoms with E-state index in [9.17, 15) is 56.2 Å². The van der Waals surface area contributed by atoms with Crippen molar-refractivity contribution in [2.75, 3.05) is 10.6 Å². The third kappa shape index (κ3) is 6.37. The third-order valence-corrected chi connectivity index (χ3v) is 3.94. The van der Waals surface area contributed by atoms with Crippen LogP contribution in [0, 0.1) is 20.2 Å². The van der Waals surface area contributed by atoms with Crippen LogP contribution in [0.4, 0.5) is 49.1 Å². The molecule has 0 saturated heterocycles. The van der Waals surface area contributed by atoms with E-state index in [0.717, 1.165) is 36.4 Å². The fourth-order valence-electron chi connectivity index (χ4n) is 2.51. The second-order valence-electron chi connectivity index (χ2n) is 6.30. The van der Waals surface area contributed by atoms with Crippen LogP contribution in [0.25, 0.3) is 0 Å². The molecule has 2 rings (SSSR count). The van der Waals surface area contributed by atoms with Crippen molar-refractivity contribution < 1.29 is 45.8 Å². The maximum absolute atomic E-state index is 12.4. The van der Waals surface area contributed by atoms with E-state index in [4.69, 9.17) is 0 Å². The summed E-state index contributed by atoms with van der Waals surface area (Å²) in [5.74, 6) is -4.88. The van der Waals surface area contributed by atoms with E-state index in [1.807, 2.05) is 0 Å². The van der Waals surface area contributed by atoms with Crippen LogP contribution >= 0.6 is 0 Å². The molecule has 2 aromatic carbocycles. The predicted molar refractivity (Wildman–Crippen MR) is 98.4 cm³/mol. The van der Waals surface area contributed by atoms with Gasteiger partial charge in [-0.2, -0.15) is 26.3 Å². The van der Waals surface area contributed by atoms with Gasteiger partial charge in [-0.15, -0.1) is 0 Å². The van der Waals surface area contributed by atoms with Gasteiger partial charge in [0.15, 0.2) is 0 Å². The Morgan fingerprint density at radius 3 is 1.33 bits per heavy atom. The number of alkyl halides is 6. The van der Waals surface area contributed by atoms with E-state index in [-0.39, 0.29) is 17.5 Å². The summed E-state index contributed by atoms with van der Waals surface area (Å²) >= 11 is 0. The zero-order valence-electron chi connectivity index (χ0n) is 15.8. The van der Waals surface area contributed by atoms with Crippen molar-refractivity contribution in [2.45, 2.75) is 18.8 Å². The average molecular weight is 480 g/mol. The first-order chi connectivity index (χ1) is 15.1. The Morgan fingerprint density at radius 1 is 0.727 bits per heavy atom. The summed E-state index contributed by atoms with van der Waals surface area (Å²) in [6.45, 7) is 0. The lowest BCUT2D eigenvalue weighted by Gasteiger charge is -2.11. The lowest BCUT2D eigenvalue weighted by molar-refractivity contribution is -0.384. The van der Waals surface area contributed by atoms with Crippen LogP contribution in [0.5, 0.6) is 0 Å². The minimum Gasteiger partial charge on any atom is -0.312 e. The van der Waals surface area contributed by atoms with Crippen LogP contribution in [0.2, 0.25) is 0 Å². The van der Waals surface area contributed by atoms with Gasteiger partial charge in [0.05, 0.1) is 9.85 Å². The fourth-order valence-corrected chi connectivity index (χ4v) is 2.51. The molecule has 0 aliphatic carbocycles. The first kappa shape index (κ1) is 25.0. The number of nitrogens with one attached hydrogen (secondary N) is 2. The van der Waals surface area contributed by atoms with Crippen molar-refractivity contribution in [3.05, 3.63) is 67.8 Å². The van der Waals surface area contributed by atoms with Crippen LogP contribution in [0.1, 0.15) is 11.1 Å². The molecule has 2 amide bonds. The number of nitrogens with zero attached hydrogens (tertiary/aromatic N) is 2. The molecule has 0 fully saturated rings. The SMILES string of the molecule is O=C(Nc1ccc(Cc2ccc(NC(=O)C(F)(F)F)c([N+](=O)[O-])c2)cc1[N+](=O)[O-])C(F)(F)F. The van der Waals surface area contributed by atoms with Gasteiger partial charge >= 0.3 is 24.2 Å². The summed E-state index contributed by atoms with van der Waals surface area (Å²) in [5, 5.41) is 25.1. The lowest BCUT2D eigenvalue weighted by Crippen LogP contribution is -2.30. The van der Waals surface area contributed by atoms with Gasteiger partial charge in [0.1, 0.15) is 11.4 Å². The molecule has 33 heavy (non-hydrogen) atoms. The standard InChI is InChI=1S/C17H10F6N4O6/c18-16(19,20)14(28)24-10-3-1-8(6-12(10)26(30)31)5-9-2-4-11(13(7-9)27(32)33)25-15(29)17(21,22)23/h1-4,6-7H,5H2,(H,24,28)(H,25,29). The molecular weight excluding hydrogens is 470 g/mol. The normalized spacial score (nSPS) is 11.6. The van der Waals surface area contributed by atoms with E-state index >= 15 is 0 Å². The highest BCUT2D eigenvalue weighted by atomic mass is 19.4. The molecule has 0 atom stereocenters. The highest BCUT2D eigenvalue weighted by molar-refractivity contribution is 5.97. The first-order valence-electron chi connectivity index (χ1n) is 8.40. The highest BCUT2D eigenvalue weighted by Crippen LogP contribution is 2.31. The van der Waals surface area contributed by atoms with Crippen molar-refractivity contribution in [2.24, 2.45) is 0 Å². The molecule has 0 bridgehead atoms. The second kappa shape index (κ2) is 9.09. The Kier molecular flexibility index (Phi) is 6.89. The smallest absolute Gasteiger partial charge is 0.312 e. The van der Waals surface area contributed by atoms with Crippen molar-refractivity contribution >= 4 is 34.6 Å². The number of hydrogen-bond acceptors (Lipinski definition) is 6. The summed E-state index contributed by atoms with van der Waals surface area (Å²) in [6.07, 6.45) is -10.9. The molecule has 0 saturated carbocycles. The number of rotatable bonds is 6. The quantitative estimate of drug-likeness (QED) is 0.362. The number of halogens is 6. The number of nitro benzene ring substituents is 2. The van der Waals surface area contributed by atoms with Gasteiger partial charge in [0, 0.05) is 12.1 Å². The van der Waals surface area contributed by atoms with Crippen LogP contribution in [-0.4, -0.2) is 34.0 Å². The molecule has 0 aliphatic rings. The molecule has 176 valence electrons. The topological polar surface area (TPSA) is 144 Å². The number of benzene rings is 2. The fraction of sp³-hybridized carbons (Fsp3) is 0.176. The van der Waals surface area contributed by atoms with Gasteiger partial charge in [-0.05, 0) is 29.7 Å². The van der Waals surface area contributed by atoms with E-state index in [2.05, 4.69) is 0 Å². The number of carbonyl (C=O) groups excluding carboxylic acids is 2. The van der Waals surface area contributed by atoms with Crippen LogP contribution in [0.15, 0.2) is 36.4 Å². The molecule has 0 aromatic heterocycles. The van der Waals surface area contributed by atoms with Crippen LogP contribution in [-0.2, 0) is 16.0 Å². The number of nitro groups is 2. The number of carbonyl (C=O) groups is 2. The molecule has 10 nitrogen and oxygen atoms in total. The van der Waals surface area contributed by atoms with E-state index in [0.29, 0.717) is 0 Å². The van der Waals surface area contributed by atoms with Gasteiger partial charge in [0.2, 0.25) is 0 Å². The minimum atomic E-state index is -5.30. The Bertz CT molecular complexity index is 1040. The summed E-state index contributed by atoms with van der Waals surface area (Å²) in [4.78, 5) is 42.3. The molecule has 0 spiro atoms. The maximum Gasteiger partial charge on any atom is 0.471 e. The molecule has 16 heteroatoms. The largest absolute Gasteiger partial charge is 0.471 e. The molecular formula is C17H10F6N4O6. The molecule has 0 unspecified atom stereocenters. The number of amides is 2. The molecule has 0 aliphatic heterocycles. The Hall–Kier alpha value is -4.24. The highest BCUT2D eigenvalue weighted by Gasteiger charge is 2.40. The summed E-state index contributed by atoms with van der Waals surface area (Å²) in [5.41, 5.74) is -3.13. The maximum atomic E-state index is 12.4. The summed E-state index contributed by atoms with van der Waals surface area (Å²) in [6, 6.07) is 5.48. The average Bonchev–Trinajstić information content (AvgIpc) is 2.68. The van der Waals surface area contributed by atoms with Crippen LogP contribution in [0.3, 0.4) is 0 Å². The second-order valence-corrected chi connectivity index (χ2v) is 6.30. The molecule has 2 aromatic rings. The number of anilines is 2. The lowest BCUT2D eigenvalue weighted by atomic mass is 10.0. The summed E-state index contributed by atoms with van der Waals surface area (Å²) < 4.78 is 74.3. The zero-order valence-corrected chi connectivity index (χ0v) is 15.8. The molecule has 0 radical (unpaired) electrons. The van der Waals surface area contributed by atoms with Crippen molar-refractivity contribution in [3.63, 3.8) is 0 Å². The van der Waals surface area contributed by atoms with E-state index < -0.39 is 56.8 Å². The van der Waals surface area contributed by atoms with Gasteiger partial charge in [-0.3, -0.25) is 29.8 Å². The van der Waals surface area contributed by atoms with Gasteiger partial charge in [-0.1, -0.05) is 12.1 Å².